The van der Waals surface area contributed by atoms with Gasteiger partial charge in [-0.1, -0.05) is 0 Å². The van der Waals surface area contributed by atoms with Crippen LogP contribution in [0.3, 0.4) is 0 Å². The molecule has 5 N–H and O–H groups in total. The van der Waals surface area contributed by atoms with Gasteiger partial charge in [0.15, 0.2) is 27.8 Å². The van der Waals surface area contributed by atoms with E-state index in [9.17, 15) is 9.90 Å². The normalized spacial score (nSPS) is 17.8. The molecule has 0 spiro atoms. The maximum atomic E-state index is 12.2. The standard InChI is InChI=1S/C32H29N7O7S/c1-42-13-26-22(12-27(45-26)39-15-36-29-30(33)34-14-35-31(29)39)38-32(47)37-16-3-6-21(25(9-16)46-43-2)28-19-7-4-17(40)10-23(19)44-24-11-18(41)5-8-20(24)28/h3-11,14-15,22,26-27,40H,12-13H2,1-2H3,(H2,33,34,35)(H2,37,38,47)/t22-,26+,27?/m0/s1. The number of aromatic nitrogens is 4. The smallest absolute Gasteiger partial charge is 0.182 e. The van der Waals surface area contributed by atoms with Crippen molar-refractivity contribution in [3.05, 3.63) is 77.5 Å². The third-order valence-electron chi connectivity index (χ3n) is 7.94. The molecular formula is C32H29N7O7S. The summed E-state index contributed by atoms with van der Waals surface area (Å²) < 4.78 is 19.6. The lowest BCUT2D eigenvalue weighted by molar-refractivity contribution is -0.177. The predicted octanol–water partition coefficient (Wildman–Crippen LogP) is 4.22. The molecule has 47 heavy (non-hydrogen) atoms. The van der Waals surface area contributed by atoms with E-state index in [2.05, 4.69) is 25.6 Å². The molecule has 4 heterocycles. The molecular weight excluding hydrogens is 626 g/mol. The monoisotopic (exact) mass is 655 g/mol. The minimum atomic E-state index is -0.391. The molecule has 0 bridgehead atoms. The lowest BCUT2D eigenvalue weighted by Crippen LogP contribution is -2.44. The Morgan fingerprint density at radius 1 is 1.11 bits per heavy atom. The van der Waals surface area contributed by atoms with Crippen LogP contribution in [0.25, 0.3) is 44.6 Å². The van der Waals surface area contributed by atoms with E-state index in [1.165, 1.54) is 31.6 Å². The first-order valence-electron chi connectivity index (χ1n) is 14.5. The first-order chi connectivity index (χ1) is 22.8. The van der Waals surface area contributed by atoms with Crippen LogP contribution in [0.2, 0.25) is 0 Å². The number of imidazole rings is 1. The lowest BCUT2D eigenvalue weighted by Gasteiger charge is -2.21. The highest BCUT2D eigenvalue weighted by Gasteiger charge is 2.37. The Bertz CT molecular complexity index is 2150. The Morgan fingerprint density at radius 3 is 2.79 bits per heavy atom. The summed E-state index contributed by atoms with van der Waals surface area (Å²) >= 11 is 5.71. The summed E-state index contributed by atoms with van der Waals surface area (Å²) in [6, 6.07) is 14.6. The van der Waals surface area contributed by atoms with Crippen LogP contribution >= 0.6 is 12.2 Å². The Labute approximate surface area is 272 Å². The number of hydrogen-bond donors (Lipinski definition) is 4. The number of hydrogen-bond acceptors (Lipinski definition) is 12. The van der Waals surface area contributed by atoms with Crippen LogP contribution in [-0.2, 0) is 14.4 Å². The number of phenolic OH excluding ortho intramolecular Hbond substituents is 1. The maximum Gasteiger partial charge on any atom is 0.182 e. The fourth-order valence-corrected chi connectivity index (χ4v) is 6.17. The van der Waals surface area contributed by atoms with Crippen molar-refractivity contribution < 1.29 is 28.8 Å². The molecule has 14 nitrogen and oxygen atoms in total. The highest BCUT2D eigenvalue weighted by Crippen LogP contribution is 2.44. The number of aromatic hydroxyl groups is 1. The van der Waals surface area contributed by atoms with E-state index in [0.717, 1.165) is 5.56 Å². The zero-order valence-corrected chi connectivity index (χ0v) is 26.0. The van der Waals surface area contributed by atoms with Gasteiger partial charge in [-0.05, 0) is 48.6 Å². The second kappa shape index (κ2) is 12.4. The molecule has 1 fully saturated rings. The van der Waals surface area contributed by atoms with Gasteiger partial charge >= 0.3 is 0 Å². The van der Waals surface area contributed by atoms with Crippen molar-refractivity contribution in [3.63, 3.8) is 0 Å². The molecule has 1 unspecified atom stereocenters. The van der Waals surface area contributed by atoms with E-state index in [4.69, 9.17) is 41.6 Å². The van der Waals surface area contributed by atoms with Crippen molar-refractivity contribution in [2.75, 3.05) is 31.9 Å². The number of nitrogens with zero attached hydrogens (tertiary/aromatic N) is 4. The van der Waals surface area contributed by atoms with Gasteiger partial charge in [0.25, 0.3) is 0 Å². The summed E-state index contributed by atoms with van der Waals surface area (Å²) in [7, 11) is 3.02. The van der Waals surface area contributed by atoms with Crippen LogP contribution in [0.1, 0.15) is 12.6 Å². The van der Waals surface area contributed by atoms with Crippen LogP contribution in [0, 0.1) is 0 Å². The number of phenols is 1. The largest absolute Gasteiger partial charge is 0.508 e. The van der Waals surface area contributed by atoms with Gasteiger partial charge in [-0.15, -0.1) is 0 Å². The summed E-state index contributed by atoms with van der Waals surface area (Å²) in [5.41, 5.74) is 9.95. The quantitative estimate of drug-likeness (QED) is 0.0792. The van der Waals surface area contributed by atoms with E-state index < -0.39 is 6.23 Å². The summed E-state index contributed by atoms with van der Waals surface area (Å²) in [5.74, 6) is 1.07. The van der Waals surface area contributed by atoms with Crippen LogP contribution < -0.4 is 26.7 Å². The minimum absolute atomic E-state index is 0.0301. The van der Waals surface area contributed by atoms with Crippen LogP contribution in [0.4, 0.5) is 11.5 Å². The van der Waals surface area contributed by atoms with Crippen LogP contribution in [0.15, 0.2) is 76.5 Å². The van der Waals surface area contributed by atoms with Gasteiger partial charge in [0.1, 0.15) is 41.3 Å². The van der Waals surface area contributed by atoms with Gasteiger partial charge in [-0.25, -0.2) is 15.0 Å². The number of anilines is 2. The number of fused-ring (bicyclic) bond motifs is 3. The minimum Gasteiger partial charge on any atom is -0.508 e. The molecule has 2 aliphatic heterocycles. The zero-order chi connectivity index (χ0) is 32.7. The molecule has 3 aliphatic rings. The highest BCUT2D eigenvalue weighted by atomic mass is 32.1. The van der Waals surface area contributed by atoms with Crippen molar-refractivity contribution in [2.45, 2.75) is 24.8 Å². The molecule has 2 aromatic carbocycles. The average Bonchev–Trinajstić information content (AvgIpc) is 3.65. The fraction of sp³-hybridized carbons (Fsp3) is 0.219. The molecule has 3 atom stereocenters. The molecule has 1 saturated heterocycles. The van der Waals surface area contributed by atoms with Crippen molar-refractivity contribution >= 4 is 51.0 Å². The van der Waals surface area contributed by atoms with Crippen molar-refractivity contribution in [1.82, 2.24) is 24.8 Å². The summed E-state index contributed by atoms with van der Waals surface area (Å²) in [6.45, 7) is 0.331. The third-order valence-corrected chi connectivity index (χ3v) is 8.16. The molecule has 1 aliphatic carbocycles. The number of benzene rings is 3. The van der Waals surface area contributed by atoms with Crippen LogP contribution in [0.5, 0.6) is 11.5 Å². The molecule has 2 aromatic heterocycles. The highest BCUT2D eigenvalue weighted by molar-refractivity contribution is 7.80. The number of nitrogen functional groups attached to an aromatic ring is 1. The molecule has 0 radical (unpaired) electrons. The van der Waals surface area contributed by atoms with E-state index in [0.29, 0.717) is 74.4 Å². The Hall–Kier alpha value is -5.35. The molecule has 7 rings (SSSR count). The number of rotatable bonds is 8. The van der Waals surface area contributed by atoms with E-state index in [1.807, 2.05) is 16.7 Å². The molecule has 0 amide bonds. The summed E-state index contributed by atoms with van der Waals surface area (Å²) in [5, 5.41) is 17.8. The van der Waals surface area contributed by atoms with Gasteiger partial charge in [0.2, 0.25) is 0 Å². The van der Waals surface area contributed by atoms with E-state index in [1.54, 1.807) is 37.7 Å². The van der Waals surface area contributed by atoms with Gasteiger partial charge in [0, 0.05) is 59.5 Å². The Kier molecular flexibility index (Phi) is 8.03. The maximum absolute atomic E-state index is 12.2. The van der Waals surface area contributed by atoms with Gasteiger partial charge in [0.05, 0.1) is 26.1 Å². The summed E-state index contributed by atoms with van der Waals surface area (Å²) in [6.07, 6.45) is 2.86. The second-order valence-electron chi connectivity index (χ2n) is 10.9. The Morgan fingerprint density at radius 2 is 1.96 bits per heavy atom. The molecule has 240 valence electrons. The predicted molar refractivity (Wildman–Crippen MR) is 177 cm³/mol. The van der Waals surface area contributed by atoms with Crippen molar-refractivity contribution in [1.29, 1.82) is 0 Å². The van der Waals surface area contributed by atoms with Crippen molar-refractivity contribution in [3.8, 4) is 33.9 Å². The Balaban J connectivity index is 1.16. The number of methoxy groups -OCH3 is 1. The van der Waals surface area contributed by atoms with Gasteiger partial charge in [-0.2, -0.15) is 4.89 Å². The van der Waals surface area contributed by atoms with Crippen LogP contribution in [-0.4, -0.2) is 62.7 Å². The second-order valence-corrected chi connectivity index (χ2v) is 11.3. The fourth-order valence-electron chi connectivity index (χ4n) is 5.90. The summed E-state index contributed by atoms with van der Waals surface area (Å²) in [4.78, 5) is 35.6. The molecule has 15 heteroatoms. The third kappa shape index (κ3) is 5.76. The number of ether oxygens (including phenoxy) is 2. The number of nitrogens with two attached hydrogens (primary N) is 1. The zero-order valence-electron chi connectivity index (χ0n) is 25.2. The number of thiocarbonyl (C=S) groups is 1. The first kappa shape index (κ1) is 30.3. The van der Waals surface area contributed by atoms with E-state index in [-0.39, 0.29) is 23.3 Å². The number of nitrogens with one attached hydrogen (secondary N) is 2. The van der Waals surface area contributed by atoms with Gasteiger partial charge in [-0.3, -0.25) is 9.36 Å². The van der Waals surface area contributed by atoms with E-state index >= 15 is 0 Å². The molecule has 4 aromatic rings. The molecule has 0 saturated carbocycles. The van der Waals surface area contributed by atoms with Crippen molar-refractivity contribution in [2.24, 2.45) is 0 Å². The average molecular weight is 656 g/mol. The SMILES string of the molecule is COC[C@H]1OC(n2cnc3c(N)ncnc32)C[C@@H]1NC(=S)Nc1ccc(-c2c3ccc(=O)cc-3oc3cc(O)ccc23)c(OOC)c1. The van der Waals surface area contributed by atoms with Gasteiger partial charge < -0.3 is 40.3 Å². The lowest BCUT2D eigenvalue weighted by atomic mass is 9.93. The first-order valence-corrected chi connectivity index (χ1v) is 14.9. The topological polar surface area (TPSA) is 181 Å².